The maximum atomic E-state index is 13.4. The average molecular weight is 445 g/mol. The van der Waals surface area contributed by atoms with E-state index in [-0.39, 0.29) is 17.7 Å². The van der Waals surface area contributed by atoms with E-state index in [4.69, 9.17) is 0 Å². The molecule has 1 aliphatic heterocycles. The summed E-state index contributed by atoms with van der Waals surface area (Å²) in [6.45, 7) is 6.38. The Morgan fingerprint density at radius 1 is 1.09 bits per heavy atom. The Kier molecular flexibility index (Phi) is 6.92. The van der Waals surface area contributed by atoms with Crippen molar-refractivity contribution in [3.8, 4) is 11.1 Å². The van der Waals surface area contributed by atoms with Crippen LogP contribution < -0.4 is 0 Å². The summed E-state index contributed by atoms with van der Waals surface area (Å²) in [5, 5.41) is 0. The quantitative estimate of drug-likeness (QED) is 0.579. The van der Waals surface area contributed by atoms with Crippen LogP contribution in [0.25, 0.3) is 11.1 Å². The molecule has 172 valence electrons. The van der Waals surface area contributed by atoms with Gasteiger partial charge in [-0.05, 0) is 36.5 Å². The average Bonchev–Trinajstić information content (AvgIpc) is 3.19. The number of hydrogen-bond donors (Lipinski definition) is 0. The highest BCUT2D eigenvalue weighted by molar-refractivity contribution is 5.91. The molecule has 0 radical (unpaired) electrons. The van der Waals surface area contributed by atoms with Crippen molar-refractivity contribution in [2.24, 2.45) is 13.0 Å². The van der Waals surface area contributed by atoms with Crippen LogP contribution in [-0.4, -0.2) is 57.3 Å². The molecule has 1 saturated heterocycles. The van der Waals surface area contributed by atoms with Gasteiger partial charge in [0, 0.05) is 45.6 Å². The molecule has 1 fully saturated rings. The molecule has 0 spiro atoms. The van der Waals surface area contributed by atoms with Gasteiger partial charge in [-0.1, -0.05) is 61.0 Å². The van der Waals surface area contributed by atoms with Gasteiger partial charge in [-0.25, -0.2) is 4.98 Å². The normalized spacial score (nSPS) is 16.7. The minimum Gasteiger partial charge on any atom is -0.341 e. The number of hydrogen-bond acceptors (Lipinski definition) is 3. The van der Waals surface area contributed by atoms with Crippen LogP contribution in [0, 0.1) is 12.8 Å². The Bertz CT molecular complexity index is 1120. The molecular weight excluding hydrogens is 412 g/mol. The van der Waals surface area contributed by atoms with E-state index in [2.05, 4.69) is 67.4 Å². The minimum absolute atomic E-state index is 0.117. The Labute approximate surface area is 195 Å². The van der Waals surface area contributed by atoms with Crippen LogP contribution >= 0.6 is 0 Å². The number of nitrogens with zero attached hydrogens (tertiary/aromatic N) is 4. The zero-order valence-corrected chi connectivity index (χ0v) is 19.7. The fraction of sp³-hybridized carbons (Fsp3) is 0.370. The Morgan fingerprint density at radius 3 is 2.55 bits per heavy atom. The lowest BCUT2D eigenvalue weighted by Crippen LogP contribution is -2.38. The molecular formula is C27H32N4O2. The van der Waals surface area contributed by atoms with Gasteiger partial charge < -0.3 is 14.4 Å². The van der Waals surface area contributed by atoms with E-state index in [1.54, 1.807) is 21.9 Å². The SMILES string of the molecule is CCCN1CCN(C(=O)c2nccn2C)CC(Cc2ccc(-c3cccc(C)c3)cc2)C1=O. The number of amides is 2. The molecule has 1 unspecified atom stereocenters. The summed E-state index contributed by atoms with van der Waals surface area (Å²) in [4.78, 5) is 34.4. The molecule has 4 rings (SSSR count). The molecule has 0 bridgehead atoms. The van der Waals surface area contributed by atoms with Crippen molar-refractivity contribution in [3.05, 3.63) is 77.9 Å². The first kappa shape index (κ1) is 22.8. The molecule has 2 heterocycles. The summed E-state index contributed by atoms with van der Waals surface area (Å²) in [5.41, 5.74) is 4.68. The van der Waals surface area contributed by atoms with Crippen molar-refractivity contribution in [2.45, 2.75) is 26.7 Å². The van der Waals surface area contributed by atoms with Gasteiger partial charge >= 0.3 is 0 Å². The van der Waals surface area contributed by atoms with Gasteiger partial charge in [0.1, 0.15) is 0 Å². The Morgan fingerprint density at radius 2 is 1.88 bits per heavy atom. The van der Waals surface area contributed by atoms with Crippen molar-refractivity contribution < 1.29 is 9.59 Å². The molecule has 2 amide bonds. The largest absolute Gasteiger partial charge is 0.341 e. The molecule has 1 atom stereocenters. The first-order valence-corrected chi connectivity index (χ1v) is 11.7. The lowest BCUT2D eigenvalue weighted by molar-refractivity contribution is -0.134. The first-order valence-electron chi connectivity index (χ1n) is 11.7. The molecule has 0 saturated carbocycles. The van der Waals surface area contributed by atoms with Crippen LogP contribution in [0.5, 0.6) is 0 Å². The van der Waals surface area contributed by atoms with Crippen molar-refractivity contribution in [1.29, 1.82) is 0 Å². The van der Waals surface area contributed by atoms with E-state index in [0.29, 0.717) is 38.4 Å². The lowest BCUT2D eigenvalue weighted by Gasteiger charge is -2.24. The van der Waals surface area contributed by atoms with Crippen LogP contribution in [0.15, 0.2) is 60.9 Å². The van der Waals surface area contributed by atoms with Crippen LogP contribution in [0.3, 0.4) is 0 Å². The van der Waals surface area contributed by atoms with Crippen molar-refractivity contribution in [2.75, 3.05) is 26.2 Å². The topological polar surface area (TPSA) is 58.4 Å². The van der Waals surface area contributed by atoms with Gasteiger partial charge in [-0.15, -0.1) is 0 Å². The number of imidazole rings is 1. The number of carbonyl (C=O) groups excluding carboxylic acids is 2. The van der Waals surface area contributed by atoms with Gasteiger partial charge in [0.2, 0.25) is 5.91 Å². The summed E-state index contributed by atoms with van der Waals surface area (Å²) >= 11 is 0. The van der Waals surface area contributed by atoms with Crippen molar-refractivity contribution in [3.63, 3.8) is 0 Å². The van der Waals surface area contributed by atoms with Gasteiger partial charge in [0.25, 0.3) is 5.91 Å². The third-order valence-corrected chi connectivity index (χ3v) is 6.32. The monoisotopic (exact) mass is 444 g/mol. The van der Waals surface area contributed by atoms with Crippen LogP contribution in [0.1, 0.15) is 35.1 Å². The smallest absolute Gasteiger partial charge is 0.289 e. The zero-order chi connectivity index (χ0) is 23.4. The molecule has 1 aliphatic rings. The molecule has 0 aliphatic carbocycles. The standard InChI is InChI=1S/C27H32N4O2/c1-4-13-30-15-16-31(27(33)25-28-12-14-29(25)3)19-24(26(30)32)18-21-8-10-22(11-9-21)23-7-5-6-20(2)17-23/h5-12,14,17,24H,4,13,15-16,18-19H2,1-3H3. The second kappa shape index (κ2) is 10.0. The van der Waals surface area contributed by atoms with Crippen LogP contribution in [0.4, 0.5) is 0 Å². The fourth-order valence-corrected chi connectivity index (χ4v) is 4.53. The number of benzene rings is 2. The highest BCUT2D eigenvalue weighted by atomic mass is 16.2. The van der Waals surface area contributed by atoms with Crippen LogP contribution in [-0.2, 0) is 18.3 Å². The highest BCUT2D eigenvalue weighted by Gasteiger charge is 2.33. The first-order chi connectivity index (χ1) is 16.0. The molecule has 3 aromatic rings. The summed E-state index contributed by atoms with van der Waals surface area (Å²) in [7, 11) is 1.82. The molecule has 6 nitrogen and oxygen atoms in total. The fourth-order valence-electron chi connectivity index (χ4n) is 4.53. The van der Waals surface area contributed by atoms with E-state index in [1.165, 1.54) is 11.1 Å². The third kappa shape index (κ3) is 5.16. The van der Waals surface area contributed by atoms with E-state index < -0.39 is 0 Å². The van der Waals surface area contributed by atoms with Crippen molar-refractivity contribution in [1.82, 2.24) is 19.4 Å². The lowest BCUT2D eigenvalue weighted by atomic mass is 9.95. The summed E-state index contributed by atoms with van der Waals surface area (Å²) in [6.07, 6.45) is 4.91. The van der Waals surface area contributed by atoms with Gasteiger partial charge in [-0.2, -0.15) is 0 Å². The molecule has 2 aromatic carbocycles. The van der Waals surface area contributed by atoms with Gasteiger partial charge in [0.05, 0.1) is 5.92 Å². The second-order valence-corrected chi connectivity index (χ2v) is 8.91. The third-order valence-electron chi connectivity index (χ3n) is 6.32. The maximum absolute atomic E-state index is 13.4. The molecule has 33 heavy (non-hydrogen) atoms. The number of carbonyl (C=O) groups is 2. The zero-order valence-electron chi connectivity index (χ0n) is 19.7. The van der Waals surface area contributed by atoms with Crippen LogP contribution in [0.2, 0.25) is 0 Å². The second-order valence-electron chi connectivity index (χ2n) is 8.91. The summed E-state index contributed by atoms with van der Waals surface area (Å²) in [6, 6.07) is 16.9. The molecule has 0 N–H and O–H groups in total. The minimum atomic E-state index is -0.270. The summed E-state index contributed by atoms with van der Waals surface area (Å²) < 4.78 is 1.73. The van der Waals surface area contributed by atoms with E-state index >= 15 is 0 Å². The highest BCUT2D eigenvalue weighted by Crippen LogP contribution is 2.23. The number of aromatic nitrogens is 2. The Balaban J connectivity index is 1.54. The predicted octanol–water partition coefficient (Wildman–Crippen LogP) is 3.95. The predicted molar refractivity (Wildman–Crippen MR) is 130 cm³/mol. The van der Waals surface area contributed by atoms with Gasteiger partial charge in [0.15, 0.2) is 5.82 Å². The van der Waals surface area contributed by atoms with E-state index in [0.717, 1.165) is 17.5 Å². The van der Waals surface area contributed by atoms with E-state index in [1.807, 2.05) is 11.9 Å². The molecule has 1 aromatic heterocycles. The summed E-state index contributed by atoms with van der Waals surface area (Å²) in [5.74, 6) is 0.156. The number of aryl methyl sites for hydroxylation is 2. The molecule has 6 heteroatoms. The maximum Gasteiger partial charge on any atom is 0.289 e. The van der Waals surface area contributed by atoms with Crippen molar-refractivity contribution >= 4 is 11.8 Å². The number of rotatable bonds is 6. The Hall–Kier alpha value is -3.41. The van der Waals surface area contributed by atoms with Gasteiger partial charge in [-0.3, -0.25) is 9.59 Å². The van der Waals surface area contributed by atoms with E-state index in [9.17, 15) is 9.59 Å².